The highest BCUT2D eigenvalue weighted by atomic mass is 35.5. The van der Waals surface area contributed by atoms with Crippen molar-refractivity contribution in [3.8, 4) is 5.75 Å². The number of halogens is 4. The van der Waals surface area contributed by atoms with Crippen LogP contribution in [-0.4, -0.2) is 66.6 Å². The quantitative estimate of drug-likeness (QED) is 0.0980. The molecule has 1 saturated heterocycles. The van der Waals surface area contributed by atoms with Gasteiger partial charge in [-0.15, -0.1) is 0 Å². The predicted molar refractivity (Wildman–Crippen MR) is 176 cm³/mol. The lowest BCUT2D eigenvalue weighted by Gasteiger charge is -2.26. The summed E-state index contributed by atoms with van der Waals surface area (Å²) in [7, 11) is 0. The van der Waals surface area contributed by atoms with E-state index >= 15 is 0 Å². The van der Waals surface area contributed by atoms with Crippen LogP contribution in [0.5, 0.6) is 5.75 Å². The molecule has 1 aliphatic heterocycles. The number of benzene rings is 3. The normalized spacial score (nSPS) is 13.9. The van der Waals surface area contributed by atoms with E-state index in [1.807, 2.05) is 6.07 Å². The van der Waals surface area contributed by atoms with Gasteiger partial charge in [0, 0.05) is 23.6 Å². The zero-order chi connectivity index (χ0) is 32.9. The minimum atomic E-state index is -4.65. The second-order valence-electron chi connectivity index (χ2n) is 10.7. The molecule has 1 heterocycles. The number of ether oxygens (including phenoxy) is 1. The molecule has 246 valence electrons. The molecule has 0 aliphatic carbocycles. The third kappa shape index (κ3) is 10.8. The maximum atomic E-state index is 13.3. The maximum Gasteiger partial charge on any atom is 0.417 e. The average Bonchev–Trinajstić information content (AvgIpc) is 3.04. The molecule has 0 radical (unpaired) electrons. The predicted octanol–water partition coefficient (Wildman–Crippen LogP) is 6.86. The van der Waals surface area contributed by atoms with Gasteiger partial charge in [-0.25, -0.2) is 5.43 Å². The van der Waals surface area contributed by atoms with E-state index < -0.39 is 28.6 Å². The van der Waals surface area contributed by atoms with Crippen molar-refractivity contribution >= 4 is 47.1 Å². The minimum absolute atomic E-state index is 0.0563. The second kappa shape index (κ2) is 17.4. The molecule has 1 fully saturated rings. The van der Waals surface area contributed by atoms with E-state index in [1.54, 1.807) is 30.3 Å². The number of aliphatic hydroxyl groups excluding tert-OH is 1. The molecule has 3 aromatic rings. The number of thioether (sulfide) groups is 1. The Morgan fingerprint density at radius 1 is 1.04 bits per heavy atom. The Morgan fingerprint density at radius 2 is 1.85 bits per heavy atom. The summed E-state index contributed by atoms with van der Waals surface area (Å²) in [5, 5.41) is 15.2. The maximum absolute atomic E-state index is 13.3. The molecular formula is C33H36ClF3N4O4S. The van der Waals surface area contributed by atoms with Crippen LogP contribution in [0.3, 0.4) is 0 Å². The van der Waals surface area contributed by atoms with Gasteiger partial charge >= 0.3 is 6.18 Å². The Bertz CT molecular complexity index is 1520. The molecule has 0 saturated carbocycles. The van der Waals surface area contributed by atoms with Gasteiger partial charge in [0.25, 0.3) is 11.8 Å². The highest BCUT2D eigenvalue weighted by molar-refractivity contribution is 7.98. The van der Waals surface area contributed by atoms with Gasteiger partial charge in [0.1, 0.15) is 5.75 Å². The smallest absolute Gasteiger partial charge is 0.417 e. The lowest BCUT2D eigenvalue weighted by molar-refractivity contribution is -0.137. The van der Waals surface area contributed by atoms with Crippen LogP contribution in [0.15, 0.2) is 65.8 Å². The topological polar surface area (TPSA) is 103 Å². The lowest BCUT2D eigenvalue weighted by atomic mass is 10.1. The fourth-order valence-corrected chi connectivity index (χ4v) is 5.80. The molecule has 46 heavy (non-hydrogen) atoms. The third-order valence-electron chi connectivity index (χ3n) is 7.19. The zero-order valence-corrected chi connectivity index (χ0v) is 26.7. The van der Waals surface area contributed by atoms with E-state index in [4.69, 9.17) is 21.4 Å². The van der Waals surface area contributed by atoms with E-state index in [2.05, 4.69) is 20.7 Å². The molecule has 0 aromatic heterocycles. The monoisotopic (exact) mass is 676 g/mol. The van der Waals surface area contributed by atoms with Crippen LogP contribution >= 0.6 is 23.4 Å². The Kier molecular flexibility index (Phi) is 13.3. The molecule has 0 spiro atoms. The summed E-state index contributed by atoms with van der Waals surface area (Å²) in [6.07, 6.45) is 0.881. The first-order valence-electron chi connectivity index (χ1n) is 14.9. The largest absolute Gasteiger partial charge is 0.494 e. The summed E-state index contributed by atoms with van der Waals surface area (Å²) < 4.78 is 45.7. The van der Waals surface area contributed by atoms with Gasteiger partial charge in [-0.2, -0.15) is 30.0 Å². The Hall–Kier alpha value is -3.58. The van der Waals surface area contributed by atoms with Crippen LogP contribution in [0.4, 0.5) is 18.9 Å². The van der Waals surface area contributed by atoms with Crippen LogP contribution in [0, 0.1) is 0 Å². The van der Waals surface area contributed by atoms with Crippen LogP contribution in [0.1, 0.15) is 63.1 Å². The number of amides is 2. The summed E-state index contributed by atoms with van der Waals surface area (Å²) in [6, 6.07) is 15.0. The number of carbonyl (C=O) groups is 2. The summed E-state index contributed by atoms with van der Waals surface area (Å²) >= 11 is 7.23. The SMILES string of the molecule is O=C(Nc1ccc(OCCCN2CCCCC2)cc1C(=O)NN=Cc1ccc(Cl)c(C(F)(F)F)c1)c1cccc(CSCCO)c1. The van der Waals surface area contributed by atoms with Crippen molar-refractivity contribution in [3.63, 3.8) is 0 Å². The number of hydrogen-bond donors (Lipinski definition) is 3. The van der Waals surface area contributed by atoms with E-state index in [9.17, 15) is 22.8 Å². The minimum Gasteiger partial charge on any atom is -0.494 e. The van der Waals surface area contributed by atoms with Gasteiger partial charge in [-0.05, 0) is 85.9 Å². The highest BCUT2D eigenvalue weighted by Crippen LogP contribution is 2.35. The standard InChI is InChI=1S/C33H36ClF3N4O4S/c34-29-10-8-23(19-28(29)33(35,36)37)21-38-40-32(44)27-20-26(45-16-5-14-41-12-2-1-3-13-41)9-11-30(27)39-31(43)25-7-4-6-24(18-25)22-46-17-15-42/h4,6-11,18-21,42H,1-3,5,12-17,22H2,(H,39,43)(H,40,44). The number of hydrogen-bond acceptors (Lipinski definition) is 7. The van der Waals surface area contributed by atoms with Crippen LogP contribution in [0.2, 0.25) is 5.02 Å². The van der Waals surface area contributed by atoms with Gasteiger partial charge in [0.05, 0.1) is 41.3 Å². The number of rotatable bonds is 14. The molecular weight excluding hydrogens is 641 g/mol. The van der Waals surface area contributed by atoms with Crippen LogP contribution in [0.25, 0.3) is 0 Å². The first kappa shape index (κ1) is 35.3. The Morgan fingerprint density at radius 3 is 2.61 bits per heavy atom. The van der Waals surface area contributed by atoms with Gasteiger partial charge in [-0.1, -0.05) is 36.2 Å². The van der Waals surface area contributed by atoms with Crippen molar-refractivity contribution in [2.24, 2.45) is 5.10 Å². The summed E-state index contributed by atoms with van der Waals surface area (Å²) in [5.74, 6) is 0.467. The lowest BCUT2D eigenvalue weighted by Crippen LogP contribution is -2.31. The summed E-state index contributed by atoms with van der Waals surface area (Å²) in [4.78, 5) is 28.9. The number of nitrogens with one attached hydrogen (secondary N) is 2. The fraction of sp³-hybridized carbons (Fsp3) is 0.364. The molecule has 13 heteroatoms. The number of hydrazone groups is 1. The van der Waals surface area contributed by atoms with Crippen molar-refractivity contribution in [1.82, 2.24) is 10.3 Å². The van der Waals surface area contributed by atoms with Crippen molar-refractivity contribution in [2.75, 3.05) is 43.9 Å². The number of carbonyl (C=O) groups excluding carboxylic acids is 2. The van der Waals surface area contributed by atoms with E-state index in [0.29, 0.717) is 29.4 Å². The zero-order valence-electron chi connectivity index (χ0n) is 25.1. The molecule has 0 unspecified atom stereocenters. The van der Waals surface area contributed by atoms with Crippen molar-refractivity contribution in [2.45, 2.75) is 37.6 Å². The molecule has 8 nitrogen and oxygen atoms in total. The number of piperidine rings is 1. The average molecular weight is 677 g/mol. The molecule has 0 atom stereocenters. The fourth-order valence-electron chi connectivity index (χ4n) is 4.89. The molecule has 3 N–H and O–H groups in total. The van der Waals surface area contributed by atoms with Crippen LogP contribution < -0.4 is 15.5 Å². The van der Waals surface area contributed by atoms with Crippen molar-refractivity contribution in [3.05, 3.63) is 93.5 Å². The summed E-state index contributed by atoms with van der Waals surface area (Å²) in [6.45, 7) is 3.57. The number of aliphatic hydroxyl groups is 1. The highest BCUT2D eigenvalue weighted by Gasteiger charge is 2.33. The molecule has 0 bridgehead atoms. The Labute approximate surface area is 275 Å². The van der Waals surface area contributed by atoms with Gasteiger partial charge in [0.2, 0.25) is 0 Å². The molecule has 2 amide bonds. The molecule has 3 aromatic carbocycles. The van der Waals surface area contributed by atoms with Crippen molar-refractivity contribution < 1.29 is 32.6 Å². The number of nitrogens with zero attached hydrogens (tertiary/aromatic N) is 2. The van der Waals surface area contributed by atoms with E-state index in [1.165, 1.54) is 43.2 Å². The molecule has 1 aliphatic rings. The summed E-state index contributed by atoms with van der Waals surface area (Å²) in [5.41, 5.74) is 2.93. The van der Waals surface area contributed by atoms with E-state index in [0.717, 1.165) is 50.0 Å². The second-order valence-corrected chi connectivity index (χ2v) is 12.2. The van der Waals surface area contributed by atoms with Gasteiger partial charge in [0.15, 0.2) is 0 Å². The molecule has 4 rings (SSSR count). The van der Waals surface area contributed by atoms with Gasteiger partial charge < -0.3 is 20.1 Å². The number of alkyl halides is 3. The first-order chi connectivity index (χ1) is 22.1. The third-order valence-corrected chi connectivity index (χ3v) is 8.53. The van der Waals surface area contributed by atoms with Crippen LogP contribution in [-0.2, 0) is 11.9 Å². The number of anilines is 1. The van der Waals surface area contributed by atoms with Crippen molar-refractivity contribution in [1.29, 1.82) is 0 Å². The van der Waals surface area contributed by atoms with E-state index in [-0.39, 0.29) is 23.4 Å². The number of likely N-dealkylation sites (tertiary alicyclic amines) is 1. The Balaban J connectivity index is 1.48. The first-order valence-corrected chi connectivity index (χ1v) is 16.5. The van der Waals surface area contributed by atoms with Gasteiger partial charge in [-0.3, -0.25) is 9.59 Å².